The van der Waals surface area contributed by atoms with Gasteiger partial charge in [0.25, 0.3) is 0 Å². The van der Waals surface area contributed by atoms with Crippen LogP contribution in [0.5, 0.6) is 0 Å². The first-order valence-electron chi connectivity index (χ1n) is 8.58. The lowest BCUT2D eigenvalue weighted by atomic mass is 10.1. The maximum atomic E-state index is 12.9. The molecule has 1 aromatic carbocycles. The van der Waals surface area contributed by atoms with Gasteiger partial charge in [-0.1, -0.05) is 17.8 Å². The highest BCUT2D eigenvalue weighted by Gasteiger charge is 2.33. The summed E-state index contributed by atoms with van der Waals surface area (Å²) in [5.41, 5.74) is 2.85. The van der Waals surface area contributed by atoms with Crippen molar-refractivity contribution in [2.24, 2.45) is 0 Å². The maximum Gasteiger partial charge on any atom is 0.406 e. The SMILES string of the molecule is Cc1ccc(-n2nnnc2SCC(=O)N(Cc2ccco2)CC(F)(F)F)cc1C. The molecule has 0 radical (unpaired) electrons. The summed E-state index contributed by atoms with van der Waals surface area (Å²) in [5, 5.41) is 11.7. The van der Waals surface area contributed by atoms with Gasteiger partial charge in [-0.2, -0.15) is 17.9 Å². The van der Waals surface area contributed by atoms with E-state index < -0.39 is 18.6 Å². The molecule has 0 N–H and O–H groups in total. The van der Waals surface area contributed by atoms with Crippen molar-refractivity contribution in [1.29, 1.82) is 0 Å². The number of thioether (sulfide) groups is 1. The lowest BCUT2D eigenvalue weighted by Crippen LogP contribution is -2.39. The standard InChI is InChI=1S/C18H18F3N5O2S/c1-12-5-6-14(8-13(12)2)26-17(22-23-24-26)29-10-16(27)25(11-18(19,20)21)9-15-4-3-7-28-15/h3-8H,9-11H2,1-2H3. The second-order valence-electron chi connectivity index (χ2n) is 6.37. The van der Waals surface area contributed by atoms with E-state index in [4.69, 9.17) is 4.42 Å². The molecule has 11 heteroatoms. The minimum Gasteiger partial charge on any atom is -0.467 e. The summed E-state index contributed by atoms with van der Waals surface area (Å²) in [6, 6.07) is 8.71. The summed E-state index contributed by atoms with van der Waals surface area (Å²) in [6.45, 7) is 2.29. The monoisotopic (exact) mass is 425 g/mol. The molecule has 0 bridgehead atoms. The third-order valence-corrected chi connectivity index (χ3v) is 5.05. The van der Waals surface area contributed by atoms with Crippen molar-refractivity contribution in [3.8, 4) is 5.69 Å². The Morgan fingerprint density at radius 2 is 2.03 bits per heavy atom. The lowest BCUT2D eigenvalue weighted by molar-refractivity contribution is -0.161. The smallest absolute Gasteiger partial charge is 0.406 e. The van der Waals surface area contributed by atoms with Gasteiger partial charge in [0, 0.05) is 0 Å². The first-order valence-corrected chi connectivity index (χ1v) is 9.57. The Bertz CT molecular complexity index is 972. The van der Waals surface area contributed by atoms with Gasteiger partial charge in [0.05, 0.1) is 24.2 Å². The Kier molecular flexibility index (Phi) is 6.26. The zero-order chi connectivity index (χ0) is 21.0. The third kappa shape index (κ3) is 5.59. The molecule has 29 heavy (non-hydrogen) atoms. The van der Waals surface area contributed by atoms with Crippen LogP contribution in [0.2, 0.25) is 0 Å². The summed E-state index contributed by atoms with van der Waals surface area (Å²) < 4.78 is 45.2. The molecule has 154 valence electrons. The number of tetrazole rings is 1. The van der Waals surface area contributed by atoms with Crippen LogP contribution in [0, 0.1) is 13.8 Å². The van der Waals surface area contributed by atoms with Crippen molar-refractivity contribution in [3.05, 3.63) is 53.5 Å². The Labute approximate surface area is 168 Å². The number of rotatable bonds is 7. The van der Waals surface area contributed by atoms with Gasteiger partial charge in [-0.25, -0.2) is 0 Å². The van der Waals surface area contributed by atoms with Gasteiger partial charge in [-0.3, -0.25) is 4.79 Å². The number of carbonyl (C=O) groups is 1. The summed E-state index contributed by atoms with van der Waals surface area (Å²) in [5.74, 6) is -0.673. The van der Waals surface area contributed by atoms with E-state index in [-0.39, 0.29) is 18.1 Å². The number of hydrogen-bond donors (Lipinski definition) is 0. The Morgan fingerprint density at radius 3 is 2.69 bits per heavy atom. The van der Waals surface area contributed by atoms with Crippen LogP contribution in [-0.2, 0) is 11.3 Å². The summed E-state index contributed by atoms with van der Waals surface area (Å²) >= 11 is 0.971. The number of nitrogens with zero attached hydrogens (tertiary/aromatic N) is 5. The highest BCUT2D eigenvalue weighted by molar-refractivity contribution is 7.99. The molecule has 0 saturated carbocycles. The van der Waals surface area contributed by atoms with E-state index in [1.54, 1.807) is 6.07 Å². The van der Waals surface area contributed by atoms with Crippen LogP contribution in [0.1, 0.15) is 16.9 Å². The van der Waals surface area contributed by atoms with Gasteiger partial charge < -0.3 is 9.32 Å². The van der Waals surface area contributed by atoms with Crippen molar-refractivity contribution < 1.29 is 22.4 Å². The fourth-order valence-corrected chi connectivity index (χ4v) is 3.34. The van der Waals surface area contributed by atoms with Gasteiger partial charge in [0.2, 0.25) is 11.1 Å². The summed E-state index contributed by atoms with van der Waals surface area (Å²) in [4.78, 5) is 13.2. The highest BCUT2D eigenvalue weighted by Crippen LogP contribution is 2.23. The number of halogens is 3. The Morgan fingerprint density at radius 1 is 1.24 bits per heavy atom. The number of aryl methyl sites for hydroxylation is 2. The first kappa shape index (κ1) is 20.9. The van der Waals surface area contributed by atoms with Crippen LogP contribution in [0.15, 0.2) is 46.2 Å². The van der Waals surface area contributed by atoms with E-state index in [1.807, 2.05) is 32.0 Å². The molecule has 3 rings (SSSR count). The molecule has 0 atom stereocenters. The van der Waals surface area contributed by atoms with E-state index in [0.29, 0.717) is 15.7 Å². The van der Waals surface area contributed by atoms with Crippen molar-refractivity contribution in [1.82, 2.24) is 25.1 Å². The Hall–Kier alpha value is -2.82. The van der Waals surface area contributed by atoms with E-state index in [1.165, 1.54) is 17.0 Å². The van der Waals surface area contributed by atoms with Crippen LogP contribution < -0.4 is 0 Å². The van der Waals surface area contributed by atoms with Crippen LogP contribution in [0.25, 0.3) is 5.69 Å². The zero-order valence-corrected chi connectivity index (χ0v) is 16.5. The number of benzene rings is 1. The fourth-order valence-electron chi connectivity index (χ4n) is 2.55. The van der Waals surface area contributed by atoms with E-state index in [9.17, 15) is 18.0 Å². The minimum absolute atomic E-state index is 0.248. The van der Waals surface area contributed by atoms with E-state index >= 15 is 0 Å². The van der Waals surface area contributed by atoms with Gasteiger partial charge in [0.1, 0.15) is 12.3 Å². The minimum atomic E-state index is -4.52. The molecular weight excluding hydrogens is 407 g/mol. The van der Waals surface area contributed by atoms with Gasteiger partial charge in [-0.15, -0.1) is 5.10 Å². The molecule has 0 aliphatic rings. The van der Waals surface area contributed by atoms with Gasteiger partial charge in [-0.05, 0) is 59.7 Å². The second kappa shape index (κ2) is 8.68. The molecule has 0 aliphatic carbocycles. The zero-order valence-electron chi connectivity index (χ0n) is 15.7. The topological polar surface area (TPSA) is 77.1 Å². The van der Waals surface area contributed by atoms with Gasteiger partial charge in [0.15, 0.2) is 0 Å². The average Bonchev–Trinajstić information content (AvgIpc) is 3.32. The second-order valence-corrected chi connectivity index (χ2v) is 7.32. The fraction of sp³-hybridized carbons (Fsp3) is 0.333. The van der Waals surface area contributed by atoms with Crippen molar-refractivity contribution in [2.75, 3.05) is 12.3 Å². The lowest BCUT2D eigenvalue weighted by Gasteiger charge is -2.22. The summed E-state index contributed by atoms with van der Waals surface area (Å²) in [7, 11) is 0. The molecule has 0 aliphatic heterocycles. The van der Waals surface area contributed by atoms with Crippen LogP contribution >= 0.6 is 11.8 Å². The van der Waals surface area contributed by atoms with E-state index in [2.05, 4.69) is 15.5 Å². The number of aromatic nitrogens is 4. The first-order chi connectivity index (χ1) is 13.7. The molecule has 2 heterocycles. The van der Waals surface area contributed by atoms with Gasteiger partial charge >= 0.3 is 6.18 Å². The van der Waals surface area contributed by atoms with Crippen LogP contribution in [-0.4, -0.2) is 49.5 Å². The molecule has 7 nitrogen and oxygen atoms in total. The quantitative estimate of drug-likeness (QED) is 0.539. The molecule has 0 fully saturated rings. The van der Waals surface area contributed by atoms with Crippen molar-refractivity contribution in [2.45, 2.75) is 31.7 Å². The summed E-state index contributed by atoms with van der Waals surface area (Å²) in [6.07, 6.45) is -3.17. The Balaban J connectivity index is 1.71. The number of furan rings is 1. The number of hydrogen-bond acceptors (Lipinski definition) is 6. The largest absolute Gasteiger partial charge is 0.467 e. The predicted molar refractivity (Wildman–Crippen MR) is 99.5 cm³/mol. The predicted octanol–water partition coefficient (Wildman–Crippen LogP) is 3.56. The van der Waals surface area contributed by atoms with Crippen molar-refractivity contribution >= 4 is 17.7 Å². The molecule has 0 unspecified atom stereocenters. The highest BCUT2D eigenvalue weighted by atomic mass is 32.2. The van der Waals surface area contributed by atoms with Crippen molar-refractivity contribution in [3.63, 3.8) is 0 Å². The molecule has 0 saturated heterocycles. The van der Waals surface area contributed by atoms with Crippen LogP contribution in [0.3, 0.4) is 0 Å². The maximum absolute atomic E-state index is 12.9. The van der Waals surface area contributed by atoms with E-state index in [0.717, 1.165) is 22.9 Å². The normalized spacial score (nSPS) is 11.6. The molecule has 1 amide bonds. The molecule has 2 aromatic heterocycles. The van der Waals surface area contributed by atoms with Crippen LogP contribution in [0.4, 0.5) is 13.2 Å². The molecule has 3 aromatic rings. The number of carbonyl (C=O) groups excluding carboxylic acids is 1. The molecule has 0 spiro atoms. The average molecular weight is 425 g/mol. The third-order valence-electron chi connectivity index (χ3n) is 4.15. The number of alkyl halides is 3. The number of amides is 1. The molecular formula is C18H18F3N5O2S.